The molecule has 0 spiro atoms. The van der Waals surface area contributed by atoms with Crippen molar-refractivity contribution in [3.8, 4) is 0 Å². The van der Waals surface area contributed by atoms with Crippen molar-refractivity contribution in [2.45, 2.75) is 18.9 Å². The first-order chi connectivity index (χ1) is 6.74. The molecule has 14 heavy (non-hydrogen) atoms. The molecule has 1 unspecified atom stereocenters. The zero-order chi connectivity index (χ0) is 10.1. The van der Waals surface area contributed by atoms with Gasteiger partial charge in [0.25, 0.3) is 5.56 Å². The number of aromatic nitrogens is 1. The van der Waals surface area contributed by atoms with Crippen LogP contribution in [-0.2, 0) is 11.2 Å². The Kier molecular flexibility index (Phi) is 2.54. The number of halogens is 1. The van der Waals surface area contributed by atoms with Crippen LogP contribution in [0.25, 0.3) is 0 Å². The second kappa shape index (κ2) is 3.69. The lowest BCUT2D eigenvalue weighted by molar-refractivity contribution is -0.119. The molecular weight excluding hydrogens is 246 g/mol. The molecule has 2 heterocycles. The number of carbonyl (C=O) groups excluding carboxylic acids is 1. The summed E-state index contributed by atoms with van der Waals surface area (Å²) in [5.41, 5.74) is 0.899. The third-order valence-corrected chi connectivity index (χ3v) is 3.12. The summed E-state index contributed by atoms with van der Waals surface area (Å²) in [6, 6.07) is 4.90. The first-order valence-electron chi connectivity index (χ1n) is 4.53. The van der Waals surface area contributed by atoms with Gasteiger partial charge in [0.2, 0.25) is 0 Å². The van der Waals surface area contributed by atoms with Crippen LogP contribution in [0.2, 0.25) is 0 Å². The van der Waals surface area contributed by atoms with Crippen molar-refractivity contribution >= 4 is 21.7 Å². The predicted octanol–water partition coefficient (Wildman–Crippen LogP) is 1.30. The van der Waals surface area contributed by atoms with Gasteiger partial charge >= 0.3 is 0 Å². The lowest BCUT2D eigenvalue weighted by Crippen LogP contribution is -2.27. The highest BCUT2D eigenvalue weighted by atomic mass is 79.9. The third kappa shape index (κ3) is 1.43. The number of Topliss-reactive ketones (excluding diaryl/α,β-unsaturated/α-hetero) is 1. The minimum Gasteiger partial charge on any atom is -0.302 e. The molecule has 2 rings (SSSR count). The molecule has 0 N–H and O–H groups in total. The van der Waals surface area contributed by atoms with Crippen molar-refractivity contribution in [2.24, 2.45) is 0 Å². The van der Waals surface area contributed by atoms with Crippen LogP contribution in [0.3, 0.4) is 0 Å². The fourth-order valence-corrected chi connectivity index (χ4v) is 2.28. The molecular formula is C10H10BrNO2. The van der Waals surface area contributed by atoms with E-state index in [0.717, 1.165) is 18.5 Å². The molecule has 0 bridgehead atoms. The summed E-state index contributed by atoms with van der Waals surface area (Å²) in [6.07, 6.45) is 1.57. The molecule has 0 amide bonds. The number of ketones is 1. The molecule has 0 aromatic carbocycles. The van der Waals surface area contributed by atoms with Gasteiger partial charge in [-0.3, -0.25) is 9.59 Å². The largest absolute Gasteiger partial charge is 0.302 e. The van der Waals surface area contributed by atoms with Gasteiger partial charge in [-0.05, 0) is 18.9 Å². The van der Waals surface area contributed by atoms with Crippen molar-refractivity contribution < 1.29 is 4.79 Å². The Morgan fingerprint density at radius 1 is 1.57 bits per heavy atom. The summed E-state index contributed by atoms with van der Waals surface area (Å²) in [5.74, 6) is 0.0806. The van der Waals surface area contributed by atoms with Crippen LogP contribution in [0.1, 0.15) is 18.2 Å². The Morgan fingerprint density at radius 2 is 2.36 bits per heavy atom. The molecule has 0 saturated carbocycles. The minimum atomic E-state index is -0.252. The maximum Gasteiger partial charge on any atom is 0.251 e. The van der Waals surface area contributed by atoms with Gasteiger partial charge < -0.3 is 4.57 Å². The third-order valence-electron chi connectivity index (χ3n) is 2.56. The summed E-state index contributed by atoms with van der Waals surface area (Å²) in [4.78, 5) is 23.1. The first-order valence-corrected chi connectivity index (χ1v) is 5.65. The standard InChI is InChI=1S/C10H10BrNO2/c11-6-9(13)8-5-4-7-2-1-3-10(14)12(7)8/h1-3,8H,4-6H2. The zero-order valence-electron chi connectivity index (χ0n) is 7.57. The topological polar surface area (TPSA) is 39.1 Å². The van der Waals surface area contributed by atoms with Crippen LogP contribution in [0.5, 0.6) is 0 Å². The molecule has 1 aromatic heterocycles. The van der Waals surface area contributed by atoms with E-state index in [4.69, 9.17) is 0 Å². The number of hydrogen-bond acceptors (Lipinski definition) is 2. The first kappa shape index (κ1) is 9.65. The predicted molar refractivity (Wildman–Crippen MR) is 56.9 cm³/mol. The minimum absolute atomic E-state index is 0.0701. The maximum absolute atomic E-state index is 11.5. The molecule has 3 nitrogen and oxygen atoms in total. The molecule has 1 atom stereocenters. The lowest BCUT2D eigenvalue weighted by Gasteiger charge is -2.10. The van der Waals surface area contributed by atoms with Gasteiger partial charge in [-0.25, -0.2) is 0 Å². The highest BCUT2D eigenvalue weighted by Gasteiger charge is 2.27. The summed E-state index contributed by atoms with van der Waals surface area (Å²) in [7, 11) is 0. The number of pyridine rings is 1. The number of rotatable bonds is 2. The van der Waals surface area contributed by atoms with Crippen LogP contribution in [0.15, 0.2) is 23.0 Å². The summed E-state index contributed by atoms with van der Waals surface area (Å²) in [6.45, 7) is 0. The second-order valence-corrected chi connectivity index (χ2v) is 3.94. The summed E-state index contributed by atoms with van der Waals surface area (Å²) in [5, 5.41) is 0.318. The Bertz CT molecular complexity index is 424. The van der Waals surface area contributed by atoms with E-state index in [1.54, 1.807) is 10.6 Å². The van der Waals surface area contributed by atoms with Gasteiger partial charge in [0.15, 0.2) is 5.78 Å². The van der Waals surface area contributed by atoms with E-state index in [-0.39, 0.29) is 17.4 Å². The number of alkyl halides is 1. The van der Waals surface area contributed by atoms with E-state index >= 15 is 0 Å². The fourth-order valence-electron chi connectivity index (χ4n) is 1.91. The Morgan fingerprint density at radius 3 is 3.07 bits per heavy atom. The Hall–Kier alpha value is -0.900. The van der Waals surface area contributed by atoms with Gasteiger partial charge in [-0.15, -0.1) is 0 Å². The normalized spacial score (nSPS) is 19.4. The Labute approximate surface area is 89.9 Å². The number of nitrogens with zero attached hydrogens (tertiary/aromatic N) is 1. The van der Waals surface area contributed by atoms with E-state index in [1.165, 1.54) is 6.07 Å². The van der Waals surface area contributed by atoms with Gasteiger partial charge in [-0.2, -0.15) is 0 Å². The average Bonchev–Trinajstić information content (AvgIpc) is 2.62. The molecule has 0 aliphatic carbocycles. The highest BCUT2D eigenvalue weighted by Crippen LogP contribution is 2.24. The van der Waals surface area contributed by atoms with Crippen molar-refractivity contribution in [2.75, 3.05) is 5.33 Å². The number of fused-ring (bicyclic) bond motifs is 1. The van der Waals surface area contributed by atoms with Crippen LogP contribution in [0.4, 0.5) is 0 Å². The second-order valence-electron chi connectivity index (χ2n) is 3.38. The van der Waals surface area contributed by atoms with Gasteiger partial charge in [0.1, 0.15) is 0 Å². The van der Waals surface area contributed by atoms with E-state index in [2.05, 4.69) is 15.9 Å². The van der Waals surface area contributed by atoms with Crippen molar-refractivity contribution in [3.63, 3.8) is 0 Å². The molecule has 0 saturated heterocycles. The lowest BCUT2D eigenvalue weighted by atomic mass is 10.1. The molecule has 0 radical (unpaired) electrons. The average molecular weight is 256 g/mol. The smallest absolute Gasteiger partial charge is 0.251 e. The van der Waals surface area contributed by atoms with E-state index in [9.17, 15) is 9.59 Å². The number of aryl methyl sites for hydroxylation is 1. The molecule has 4 heteroatoms. The van der Waals surface area contributed by atoms with Gasteiger partial charge in [0.05, 0.1) is 11.4 Å². The molecule has 0 fully saturated rings. The SMILES string of the molecule is O=C(CBr)C1CCc2cccc(=O)n21. The van der Waals surface area contributed by atoms with Gasteiger partial charge in [0, 0.05) is 11.8 Å². The molecule has 1 aliphatic heterocycles. The number of carbonyl (C=O) groups is 1. The van der Waals surface area contributed by atoms with E-state index in [1.807, 2.05) is 6.07 Å². The van der Waals surface area contributed by atoms with E-state index in [0.29, 0.717) is 5.33 Å². The van der Waals surface area contributed by atoms with Crippen molar-refractivity contribution in [1.82, 2.24) is 4.57 Å². The molecule has 1 aromatic rings. The summed E-state index contributed by atoms with van der Waals surface area (Å²) < 4.78 is 1.61. The fraction of sp³-hybridized carbons (Fsp3) is 0.400. The quantitative estimate of drug-likeness (QED) is 0.748. The van der Waals surface area contributed by atoms with Gasteiger partial charge in [-0.1, -0.05) is 22.0 Å². The Balaban J connectivity index is 2.48. The van der Waals surface area contributed by atoms with Crippen molar-refractivity contribution in [1.29, 1.82) is 0 Å². The summed E-state index contributed by atoms with van der Waals surface area (Å²) >= 11 is 3.14. The monoisotopic (exact) mass is 255 g/mol. The zero-order valence-corrected chi connectivity index (χ0v) is 9.16. The number of hydrogen-bond donors (Lipinski definition) is 0. The molecule has 74 valence electrons. The van der Waals surface area contributed by atoms with Crippen LogP contribution >= 0.6 is 15.9 Å². The maximum atomic E-state index is 11.5. The van der Waals surface area contributed by atoms with E-state index < -0.39 is 0 Å². The van der Waals surface area contributed by atoms with Crippen LogP contribution in [0, 0.1) is 0 Å². The highest BCUT2D eigenvalue weighted by molar-refractivity contribution is 9.09. The van der Waals surface area contributed by atoms with Crippen molar-refractivity contribution in [3.05, 3.63) is 34.2 Å². The van der Waals surface area contributed by atoms with Crippen LogP contribution < -0.4 is 5.56 Å². The van der Waals surface area contributed by atoms with Crippen LogP contribution in [-0.4, -0.2) is 15.7 Å². The molecule has 1 aliphatic rings.